The number of aliphatic hydroxyl groups excluding tert-OH is 1. The van der Waals surface area contributed by atoms with Crippen molar-refractivity contribution in [2.45, 2.75) is 31.8 Å². The SMILES string of the molecule is COCC(CCO)NC(=O)CC(C)N. The minimum atomic E-state index is -0.146. The molecule has 0 fully saturated rings. The number of carbonyl (C=O) groups is 1. The van der Waals surface area contributed by atoms with E-state index in [1.54, 1.807) is 14.0 Å². The van der Waals surface area contributed by atoms with Crippen molar-refractivity contribution in [1.29, 1.82) is 0 Å². The Morgan fingerprint density at radius 3 is 2.71 bits per heavy atom. The zero-order chi connectivity index (χ0) is 11.0. The minimum absolute atomic E-state index is 0.0342. The van der Waals surface area contributed by atoms with Crippen LogP contribution in [0.2, 0.25) is 0 Å². The molecule has 5 nitrogen and oxygen atoms in total. The Morgan fingerprint density at radius 1 is 1.64 bits per heavy atom. The summed E-state index contributed by atoms with van der Waals surface area (Å²) in [5, 5.41) is 11.5. The van der Waals surface area contributed by atoms with Crippen LogP contribution in [0.5, 0.6) is 0 Å². The molecular formula is C9H20N2O3. The lowest BCUT2D eigenvalue weighted by Gasteiger charge is -2.17. The van der Waals surface area contributed by atoms with Crippen molar-refractivity contribution in [2.75, 3.05) is 20.3 Å². The van der Waals surface area contributed by atoms with E-state index in [0.717, 1.165) is 0 Å². The Morgan fingerprint density at radius 2 is 2.29 bits per heavy atom. The highest BCUT2D eigenvalue weighted by Crippen LogP contribution is 1.94. The molecule has 5 heteroatoms. The smallest absolute Gasteiger partial charge is 0.221 e. The zero-order valence-corrected chi connectivity index (χ0v) is 8.82. The predicted molar refractivity (Wildman–Crippen MR) is 53.8 cm³/mol. The number of ether oxygens (including phenoxy) is 1. The number of nitrogens with one attached hydrogen (secondary N) is 1. The van der Waals surface area contributed by atoms with Crippen LogP contribution in [-0.4, -0.2) is 43.4 Å². The van der Waals surface area contributed by atoms with Crippen LogP contribution in [0.3, 0.4) is 0 Å². The Hall–Kier alpha value is -0.650. The van der Waals surface area contributed by atoms with E-state index in [2.05, 4.69) is 5.32 Å². The summed E-state index contributed by atoms with van der Waals surface area (Å²) in [5.41, 5.74) is 5.48. The van der Waals surface area contributed by atoms with Gasteiger partial charge in [-0.15, -0.1) is 0 Å². The number of rotatable bonds is 7. The molecule has 0 aromatic carbocycles. The standard InChI is InChI=1S/C9H20N2O3/c1-7(10)5-9(13)11-8(3-4-12)6-14-2/h7-8,12H,3-6,10H2,1-2H3,(H,11,13). The van der Waals surface area contributed by atoms with Gasteiger partial charge in [-0.3, -0.25) is 4.79 Å². The van der Waals surface area contributed by atoms with Crippen molar-refractivity contribution in [3.8, 4) is 0 Å². The number of aliphatic hydroxyl groups is 1. The monoisotopic (exact) mass is 204 g/mol. The summed E-state index contributed by atoms with van der Waals surface area (Å²) < 4.78 is 4.91. The van der Waals surface area contributed by atoms with Crippen molar-refractivity contribution in [2.24, 2.45) is 5.73 Å². The fourth-order valence-electron chi connectivity index (χ4n) is 1.13. The molecule has 2 atom stereocenters. The number of nitrogens with two attached hydrogens (primary N) is 1. The van der Waals surface area contributed by atoms with Crippen LogP contribution in [0.1, 0.15) is 19.8 Å². The molecule has 0 radical (unpaired) electrons. The van der Waals surface area contributed by atoms with Gasteiger partial charge in [0.15, 0.2) is 0 Å². The van der Waals surface area contributed by atoms with Gasteiger partial charge < -0.3 is 20.9 Å². The van der Waals surface area contributed by atoms with Crippen molar-refractivity contribution < 1.29 is 14.6 Å². The van der Waals surface area contributed by atoms with Gasteiger partial charge in [0.2, 0.25) is 5.91 Å². The molecule has 0 saturated heterocycles. The van der Waals surface area contributed by atoms with Crippen molar-refractivity contribution in [1.82, 2.24) is 5.32 Å². The van der Waals surface area contributed by atoms with Gasteiger partial charge in [-0.2, -0.15) is 0 Å². The summed E-state index contributed by atoms with van der Waals surface area (Å²) in [6.07, 6.45) is 0.796. The Balaban J connectivity index is 3.82. The molecule has 4 N–H and O–H groups in total. The van der Waals surface area contributed by atoms with Gasteiger partial charge in [0.05, 0.1) is 12.6 Å². The highest BCUT2D eigenvalue weighted by molar-refractivity contribution is 5.76. The van der Waals surface area contributed by atoms with Crippen LogP contribution in [-0.2, 0) is 9.53 Å². The summed E-state index contributed by atoms with van der Waals surface area (Å²) in [4.78, 5) is 11.3. The van der Waals surface area contributed by atoms with Crippen molar-refractivity contribution in [3.63, 3.8) is 0 Å². The summed E-state index contributed by atoms with van der Waals surface area (Å²) in [6, 6.07) is -0.274. The third kappa shape index (κ3) is 6.82. The Labute approximate surface area is 84.6 Å². The van der Waals surface area contributed by atoms with E-state index in [9.17, 15) is 4.79 Å². The number of amides is 1. The van der Waals surface area contributed by atoms with Crippen LogP contribution in [0.15, 0.2) is 0 Å². The average Bonchev–Trinajstić information content (AvgIpc) is 2.03. The molecule has 0 spiro atoms. The summed E-state index contributed by atoms with van der Waals surface area (Å²) >= 11 is 0. The van der Waals surface area contributed by atoms with Gasteiger partial charge in [0, 0.05) is 26.2 Å². The average molecular weight is 204 g/mol. The highest BCUT2D eigenvalue weighted by Gasteiger charge is 2.12. The molecule has 1 amide bonds. The fraction of sp³-hybridized carbons (Fsp3) is 0.889. The molecule has 84 valence electrons. The summed E-state index contributed by atoms with van der Waals surface area (Å²) in [6.45, 7) is 2.22. The molecule has 0 heterocycles. The quantitative estimate of drug-likeness (QED) is 0.509. The largest absolute Gasteiger partial charge is 0.396 e. The number of carbonyl (C=O) groups excluding carboxylic acids is 1. The highest BCUT2D eigenvalue weighted by atomic mass is 16.5. The third-order valence-electron chi connectivity index (χ3n) is 1.72. The van der Waals surface area contributed by atoms with E-state index in [0.29, 0.717) is 19.4 Å². The van der Waals surface area contributed by atoms with Gasteiger partial charge in [-0.05, 0) is 13.3 Å². The first-order valence-electron chi connectivity index (χ1n) is 4.74. The fourth-order valence-corrected chi connectivity index (χ4v) is 1.13. The minimum Gasteiger partial charge on any atom is -0.396 e. The second-order valence-corrected chi connectivity index (χ2v) is 3.41. The van der Waals surface area contributed by atoms with Gasteiger partial charge in [0.25, 0.3) is 0 Å². The second kappa shape index (κ2) is 7.73. The first-order valence-corrected chi connectivity index (χ1v) is 4.74. The van der Waals surface area contributed by atoms with Crippen molar-refractivity contribution >= 4 is 5.91 Å². The molecular weight excluding hydrogens is 184 g/mol. The normalized spacial score (nSPS) is 14.9. The second-order valence-electron chi connectivity index (χ2n) is 3.41. The predicted octanol–water partition coefficient (Wildman–Crippen LogP) is -0.763. The van der Waals surface area contributed by atoms with Crippen molar-refractivity contribution in [3.05, 3.63) is 0 Å². The third-order valence-corrected chi connectivity index (χ3v) is 1.72. The zero-order valence-electron chi connectivity index (χ0n) is 8.82. The molecule has 0 aromatic rings. The maximum atomic E-state index is 11.3. The molecule has 2 unspecified atom stereocenters. The van der Waals surface area contributed by atoms with E-state index < -0.39 is 0 Å². The molecule has 0 rings (SSSR count). The number of hydrogen-bond acceptors (Lipinski definition) is 4. The van der Waals surface area contributed by atoms with E-state index in [4.69, 9.17) is 15.6 Å². The molecule has 0 aromatic heterocycles. The van der Waals surface area contributed by atoms with Crippen LogP contribution in [0.25, 0.3) is 0 Å². The Bertz CT molecular complexity index is 156. The summed E-state index contributed by atoms with van der Waals surface area (Å²) in [7, 11) is 1.56. The van der Waals surface area contributed by atoms with Crippen LogP contribution in [0.4, 0.5) is 0 Å². The Kier molecular flexibility index (Phi) is 7.37. The number of hydrogen-bond donors (Lipinski definition) is 3. The van der Waals surface area contributed by atoms with Gasteiger partial charge in [0.1, 0.15) is 0 Å². The van der Waals surface area contributed by atoms with E-state index in [1.807, 2.05) is 0 Å². The van der Waals surface area contributed by atoms with Crippen LogP contribution < -0.4 is 11.1 Å². The van der Waals surface area contributed by atoms with E-state index in [1.165, 1.54) is 0 Å². The van der Waals surface area contributed by atoms with Crippen LogP contribution >= 0.6 is 0 Å². The molecule has 0 saturated carbocycles. The van der Waals surface area contributed by atoms with E-state index >= 15 is 0 Å². The van der Waals surface area contributed by atoms with Gasteiger partial charge in [-0.25, -0.2) is 0 Å². The van der Waals surface area contributed by atoms with E-state index in [-0.39, 0.29) is 24.6 Å². The lowest BCUT2D eigenvalue weighted by molar-refractivity contribution is -0.122. The van der Waals surface area contributed by atoms with Crippen LogP contribution in [0, 0.1) is 0 Å². The molecule has 0 aliphatic carbocycles. The first-order chi connectivity index (χ1) is 6.60. The number of methoxy groups -OCH3 is 1. The topological polar surface area (TPSA) is 84.6 Å². The van der Waals surface area contributed by atoms with Gasteiger partial charge >= 0.3 is 0 Å². The molecule has 0 aliphatic rings. The van der Waals surface area contributed by atoms with Gasteiger partial charge in [-0.1, -0.05) is 0 Å². The summed E-state index contributed by atoms with van der Waals surface area (Å²) in [5.74, 6) is -0.101. The molecule has 14 heavy (non-hydrogen) atoms. The maximum absolute atomic E-state index is 11.3. The molecule has 0 aliphatic heterocycles. The first kappa shape index (κ1) is 13.4. The lowest BCUT2D eigenvalue weighted by Crippen LogP contribution is -2.40. The molecule has 0 bridgehead atoms. The maximum Gasteiger partial charge on any atom is 0.221 e. The lowest BCUT2D eigenvalue weighted by atomic mass is 10.2.